The molecule has 1 amide bonds. The van der Waals surface area contributed by atoms with Gasteiger partial charge in [0.05, 0.1) is 30.7 Å². The minimum absolute atomic E-state index is 0.0943. The molecule has 1 atom stereocenters. The number of carbonyl (C=O) groups excluding carboxylic acids is 1. The third kappa shape index (κ3) is 4.08. The molecule has 0 radical (unpaired) electrons. The van der Waals surface area contributed by atoms with Gasteiger partial charge in [-0.1, -0.05) is 23.7 Å². The fraction of sp³-hybridized carbons (Fsp3) is 0.300. The molecule has 0 aliphatic heterocycles. The maximum Gasteiger partial charge on any atom is 0.284 e. The molecular weight excluding hydrogens is 394 g/mol. The van der Waals surface area contributed by atoms with E-state index in [1.807, 2.05) is 0 Å². The topological polar surface area (TPSA) is 102 Å². The average Bonchev–Trinajstić information content (AvgIpc) is 3.47. The summed E-state index contributed by atoms with van der Waals surface area (Å²) < 4.78 is 24.1. The average molecular weight is 417 g/mol. The summed E-state index contributed by atoms with van der Waals surface area (Å²) in [4.78, 5) is 26.1. The van der Waals surface area contributed by atoms with E-state index < -0.39 is 24.5 Å². The number of nitrogens with zero attached hydrogens (tertiary/aromatic N) is 4. The van der Waals surface area contributed by atoms with Crippen molar-refractivity contribution in [2.75, 3.05) is 6.61 Å². The van der Waals surface area contributed by atoms with Crippen LogP contribution in [0.15, 0.2) is 47.5 Å². The lowest BCUT2D eigenvalue weighted by atomic mass is 10.1. The molecule has 2 heterocycles. The van der Waals surface area contributed by atoms with Crippen LogP contribution >= 0.6 is 11.6 Å². The van der Waals surface area contributed by atoms with Gasteiger partial charge in [-0.3, -0.25) is 14.3 Å². The molecule has 1 aliphatic carbocycles. The molecule has 0 saturated heterocycles. The van der Waals surface area contributed by atoms with Crippen molar-refractivity contribution in [1.82, 2.24) is 24.9 Å². The Hall–Kier alpha value is -2.97. The van der Waals surface area contributed by atoms with E-state index in [0.717, 1.165) is 28.4 Å². The van der Waals surface area contributed by atoms with Gasteiger partial charge < -0.3 is 10.4 Å². The quantitative estimate of drug-likeness (QED) is 0.637. The molecule has 2 N–H and O–H groups in total. The summed E-state index contributed by atoms with van der Waals surface area (Å²) in [6, 6.07) is 7.60. The first-order valence-electron chi connectivity index (χ1n) is 10.5. The number of halogens is 1. The number of hydrogen-bond acceptors (Lipinski definition) is 5. The molecule has 9 heteroatoms. The normalized spacial score (nSPS) is 16.6. The number of amides is 1. The van der Waals surface area contributed by atoms with Crippen molar-refractivity contribution in [2.24, 2.45) is 12.9 Å². The number of nitrogens with one attached hydrogen (secondary N) is 1. The van der Waals surface area contributed by atoms with Gasteiger partial charge in [0.1, 0.15) is 11.3 Å². The van der Waals surface area contributed by atoms with Crippen molar-refractivity contribution in [1.29, 1.82) is 0 Å². The van der Waals surface area contributed by atoms with Crippen molar-refractivity contribution < 1.29 is 14.0 Å². The SMILES string of the molecule is [2H]C([2H])([2H])n1cc(-n2nc(-c3ccc(Cl)cc3)cc(C(=O)N[C@H](CO)C3CC3)c2=O)cn1. The predicted molar refractivity (Wildman–Crippen MR) is 108 cm³/mol. The van der Waals surface area contributed by atoms with Crippen molar-refractivity contribution in [3.8, 4) is 16.9 Å². The molecule has 4 rings (SSSR count). The van der Waals surface area contributed by atoms with E-state index in [4.69, 9.17) is 15.7 Å². The van der Waals surface area contributed by atoms with Gasteiger partial charge in [-0.2, -0.15) is 14.9 Å². The molecule has 0 spiro atoms. The Bertz CT molecular complexity index is 1200. The van der Waals surface area contributed by atoms with Crippen LogP contribution in [0.3, 0.4) is 0 Å². The van der Waals surface area contributed by atoms with Gasteiger partial charge in [0, 0.05) is 21.7 Å². The molecule has 0 unspecified atom stereocenters. The third-order valence-corrected chi connectivity index (χ3v) is 5.07. The summed E-state index contributed by atoms with van der Waals surface area (Å²) in [6.07, 6.45) is 4.15. The zero-order valence-corrected chi connectivity index (χ0v) is 16.0. The fourth-order valence-corrected chi connectivity index (χ4v) is 3.20. The van der Waals surface area contributed by atoms with Crippen LogP contribution in [0.25, 0.3) is 16.9 Å². The minimum atomic E-state index is -2.53. The predicted octanol–water partition coefficient (Wildman–Crippen LogP) is 1.79. The van der Waals surface area contributed by atoms with Crippen molar-refractivity contribution in [2.45, 2.75) is 18.9 Å². The lowest BCUT2D eigenvalue weighted by Gasteiger charge is -2.16. The van der Waals surface area contributed by atoms with Gasteiger partial charge in [0.2, 0.25) is 0 Å². The Morgan fingerprint density at radius 3 is 2.79 bits per heavy atom. The van der Waals surface area contributed by atoms with Crippen LogP contribution < -0.4 is 10.9 Å². The van der Waals surface area contributed by atoms with Gasteiger partial charge >= 0.3 is 0 Å². The zero-order valence-electron chi connectivity index (χ0n) is 18.2. The zero-order chi connectivity index (χ0) is 23.0. The summed E-state index contributed by atoms with van der Waals surface area (Å²) in [5.74, 6) is -0.461. The second-order valence-electron chi connectivity index (χ2n) is 6.91. The third-order valence-electron chi connectivity index (χ3n) is 4.81. The molecule has 1 saturated carbocycles. The van der Waals surface area contributed by atoms with Crippen LogP contribution in [0.2, 0.25) is 5.02 Å². The van der Waals surface area contributed by atoms with Gasteiger partial charge in [-0.15, -0.1) is 0 Å². The number of aryl methyl sites for hydroxylation is 1. The van der Waals surface area contributed by atoms with E-state index >= 15 is 0 Å². The largest absolute Gasteiger partial charge is 0.394 e. The molecule has 150 valence electrons. The van der Waals surface area contributed by atoms with Crippen LogP contribution in [0.5, 0.6) is 0 Å². The van der Waals surface area contributed by atoms with Gasteiger partial charge in [0.25, 0.3) is 11.5 Å². The van der Waals surface area contributed by atoms with E-state index in [9.17, 15) is 14.7 Å². The Kier molecular flexibility index (Phi) is 4.28. The maximum absolute atomic E-state index is 13.1. The number of hydrogen-bond donors (Lipinski definition) is 2. The minimum Gasteiger partial charge on any atom is -0.394 e. The van der Waals surface area contributed by atoms with Crippen LogP contribution in [0.1, 0.15) is 27.3 Å². The fourth-order valence-electron chi connectivity index (χ4n) is 3.07. The molecule has 0 bridgehead atoms. The highest BCUT2D eigenvalue weighted by Gasteiger charge is 2.32. The van der Waals surface area contributed by atoms with E-state index in [-0.39, 0.29) is 23.8 Å². The van der Waals surface area contributed by atoms with Gasteiger partial charge in [0.15, 0.2) is 0 Å². The summed E-state index contributed by atoms with van der Waals surface area (Å²) in [7, 11) is 0. The number of carbonyl (C=O) groups is 1. The highest BCUT2D eigenvalue weighted by atomic mass is 35.5. The number of rotatable bonds is 6. The molecular formula is C20H20ClN5O3. The molecule has 1 fully saturated rings. The van der Waals surface area contributed by atoms with Gasteiger partial charge in [-0.25, -0.2) is 0 Å². The Morgan fingerprint density at radius 1 is 1.41 bits per heavy atom. The van der Waals surface area contributed by atoms with E-state index in [2.05, 4.69) is 15.5 Å². The molecule has 3 aromatic rings. The van der Waals surface area contributed by atoms with Crippen LogP contribution in [-0.2, 0) is 6.98 Å². The van der Waals surface area contributed by atoms with Gasteiger partial charge in [-0.05, 0) is 37.0 Å². The Morgan fingerprint density at radius 2 is 2.17 bits per heavy atom. The molecule has 8 nitrogen and oxygen atoms in total. The number of benzene rings is 1. The summed E-state index contributed by atoms with van der Waals surface area (Å²) in [5, 5.41) is 20.9. The highest BCUT2D eigenvalue weighted by molar-refractivity contribution is 6.30. The molecule has 2 aromatic heterocycles. The lowest BCUT2D eigenvalue weighted by molar-refractivity contribution is 0.0906. The summed E-state index contributed by atoms with van der Waals surface area (Å²) in [5.41, 5.74) is 0.0710. The molecule has 1 aromatic carbocycles. The monoisotopic (exact) mass is 416 g/mol. The lowest BCUT2D eigenvalue weighted by Crippen LogP contribution is -2.42. The Labute approximate surface area is 176 Å². The smallest absolute Gasteiger partial charge is 0.284 e. The first-order chi connectivity index (χ1) is 15.2. The molecule has 29 heavy (non-hydrogen) atoms. The summed E-state index contributed by atoms with van der Waals surface area (Å²) >= 11 is 5.96. The van der Waals surface area contributed by atoms with E-state index in [1.54, 1.807) is 24.3 Å². The van der Waals surface area contributed by atoms with Crippen LogP contribution in [0.4, 0.5) is 0 Å². The van der Waals surface area contributed by atoms with Crippen molar-refractivity contribution >= 4 is 17.5 Å². The maximum atomic E-state index is 13.1. The first-order valence-corrected chi connectivity index (χ1v) is 9.43. The standard InChI is InChI=1S/C20H20ClN5O3/c1-25-10-15(9-22-25)26-20(29)16(19(28)23-18(11-27)13-2-3-13)8-17(24-26)12-4-6-14(21)7-5-12/h4-10,13,18,27H,2-3,11H2,1H3,(H,23,28)/t18-/m1/s1/i1D3. The number of aliphatic hydroxyl groups is 1. The molecule has 1 aliphatic rings. The van der Waals surface area contributed by atoms with E-state index in [0.29, 0.717) is 16.3 Å². The summed E-state index contributed by atoms with van der Waals surface area (Å²) in [6.45, 7) is -2.76. The first kappa shape index (κ1) is 15.9. The van der Waals surface area contributed by atoms with Crippen LogP contribution in [-0.4, -0.2) is 43.2 Å². The van der Waals surface area contributed by atoms with E-state index in [1.165, 1.54) is 12.3 Å². The van der Waals surface area contributed by atoms with Crippen molar-refractivity contribution in [3.63, 3.8) is 0 Å². The number of aromatic nitrogens is 4. The number of aliphatic hydroxyl groups excluding tert-OH is 1. The Balaban J connectivity index is 1.81. The second kappa shape index (κ2) is 7.81. The van der Waals surface area contributed by atoms with Crippen LogP contribution in [0, 0.1) is 5.92 Å². The highest BCUT2D eigenvalue weighted by Crippen LogP contribution is 2.32. The van der Waals surface area contributed by atoms with Crippen molar-refractivity contribution in [3.05, 3.63) is 63.7 Å². The second-order valence-corrected chi connectivity index (χ2v) is 7.35.